The predicted octanol–water partition coefficient (Wildman–Crippen LogP) is 2.67. The van der Waals surface area contributed by atoms with Gasteiger partial charge in [0.1, 0.15) is 0 Å². The Bertz CT molecular complexity index is 611. The number of sulfone groups is 1. The molecule has 0 spiro atoms. The van der Waals surface area contributed by atoms with Crippen molar-refractivity contribution in [1.82, 2.24) is 0 Å². The van der Waals surface area contributed by atoms with Crippen molar-refractivity contribution in [3.05, 3.63) is 29.8 Å². The molecule has 1 amide bonds. The maximum absolute atomic E-state index is 12.0. The minimum atomic E-state index is -2.87. The molecule has 1 N–H and O–H groups in total. The first-order valence-corrected chi connectivity index (χ1v) is 9.95. The van der Waals surface area contributed by atoms with Gasteiger partial charge in [-0.2, -0.15) is 0 Å². The van der Waals surface area contributed by atoms with Gasteiger partial charge in [0.05, 0.1) is 17.3 Å². The van der Waals surface area contributed by atoms with Crippen molar-refractivity contribution >= 4 is 33.2 Å². The molecule has 0 radical (unpaired) electrons. The van der Waals surface area contributed by atoms with Crippen LogP contribution in [0.25, 0.3) is 0 Å². The van der Waals surface area contributed by atoms with Gasteiger partial charge >= 0.3 is 0 Å². The van der Waals surface area contributed by atoms with Gasteiger partial charge in [-0.3, -0.25) is 4.79 Å². The number of carbonyl (C=O) groups is 1. The van der Waals surface area contributed by atoms with Crippen LogP contribution in [0, 0.1) is 0 Å². The van der Waals surface area contributed by atoms with E-state index < -0.39 is 9.84 Å². The second-order valence-electron chi connectivity index (χ2n) is 5.63. The Labute approximate surface area is 130 Å². The quantitative estimate of drug-likeness (QED) is 0.903. The van der Waals surface area contributed by atoms with Crippen molar-refractivity contribution in [3.63, 3.8) is 0 Å². The van der Waals surface area contributed by atoms with Crippen molar-refractivity contribution in [3.8, 4) is 0 Å². The average molecular weight is 327 g/mol. The lowest BCUT2D eigenvalue weighted by atomic mass is 10.0. The second-order valence-corrected chi connectivity index (χ2v) is 9.14. The molecule has 1 aromatic carbocycles. The first kappa shape index (κ1) is 16.4. The highest BCUT2D eigenvalue weighted by Crippen LogP contribution is 2.26. The molecular formula is C15H21NO3S2. The average Bonchev–Trinajstić information content (AvgIpc) is 2.76. The van der Waals surface area contributed by atoms with Crippen LogP contribution in [0.2, 0.25) is 0 Å². The van der Waals surface area contributed by atoms with E-state index >= 15 is 0 Å². The maximum Gasteiger partial charge on any atom is 0.234 e. The normalized spacial score (nSPS) is 20.6. The number of nitrogens with one attached hydrogen (secondary N) is 1. The maximum atomic E-state index is 12.0. The summed E-state index contributed by atoms with van der Waals surface area (Å²) in [6, 6.07) is 7.77. The Morgan fingerprint density at radius 1 is 1.38 bits per heavy atom. The number of rotatable bonds is 5. The van der Waals surface area contributed by atoms with Crippen molar-refractivity contribution in [2.75, 3.05) is 22.6 Å². The van der Waals surface area contributed by atoms with Gasteiger partial charge in [0.15, 0.2) is 9.84 Å². The Morgan fingerprint density at radius 2 is 2.10 bits per heavy atom. The van der Waals surface area contributed by atoms with E-state index in [0.717, 1.165) is 11.3 Å². The summed E-state index contributed by atoms with van der Waals surface area (Å²) in [5.74, 6) is 1.02. The van der Waals surface area contributed by atoms with Gasteiger partial charge in [0, 0.05) is 10.9 Å². The summed E-state index contributed by atoms with van der Waals surface area (Å²) in [6.45, 7) is 4.17. The van der Waals surface area contributed by atoms with E-state index in [1.165, 1.54) is 11.8 Å². The molecule has 6 heteroatoms. The number of anilines is 1. The van der Waals surface area contributed by atoms with Gasteiger partial charge < -0.3 is 5.32 Å². The lowest BCUT2D eigenvalue weighted by molar-refractivity contribution is -0.113. The third-order valence-electron chi connectivity index (χ3n) is 3.50. The molecule has 1 unspecified atom stereocenters. The summed E-state index contributed by atoms with van der Waals surface area (Å²) < 4.78 is 22.8. The fourth-order valence-corrected chi connectivity index (χ4v) is 5.83. The van der Waals surface area contributed by atoms with Crippen LogP contribution in [0.1, 0.15) is 31.7 Å². The fourth-order valence-electron chi connectivity index (χ4n) is 2.39. The van der Waals surface area contributed by atoms with E-state index in [9.17, 15) is 13.2 Å². The summed E-state index contributed by atoms with van der Waals surface area (Å²) in [5, 5.41) is 2.98. The standard InChI is InChI=1S/C15H21NO3S2/c1-11(2)13-5-3-4-6-14(13)16-15(17)9-20-12-7-8-21(18,19)10-12/h3-6,11-12H,7-10H2,1-2H3,(H,16,17). The van der Waals surface area contributed by atoms with E-state index in [-0.39, 0.29) is 22.7 Å². The van der Waals surface area contributed by atoms with Crippen molar-refractivity contribution < 1.29 is 13.2 Å². The molecule has 1 saturated heterocycles. The SMILES string of the molecule is CC(C)c1ccccc1NC(=O)CSC1CCS(=O)(=O)C1. The Kier molecular flexibility index (Phi) is 5.32. The third-order valence-corrected chi connectivity index (χ3v) is 6.78. The first-order chi connectivity index (χ1) is 9.87. The minimum Gasteiger partial charge on any atom is -0.325 e. The largest absolute Gasteiger partial charge is 0.325 e. The topological polar surface area (TPSA) is 63.2 Å². The van der Waals surface area contributed by atoms with E-state index in [1.807, 2.05) is 24.3 Å². The number of benzene rings is 1. The van der Waals surface area contributed by atoms with Crippen LogP contribution in [0.15, 0.2) is 24.3 Å². The van der Waals surface area contributed by atoms with Crippen LogP contribution >= 0.6 is 11.8 Å². The number of para-hydroxylation sites is 1. The lowest BCUT2D eigenvalue weighted by Gasteiger charge is -2.14. The van der Waals surface area contributed by atoms with Gasteiger partial charge in [-0.25, -0.2) is 8.42 Å². The fraction of sp³-hybridized carbons (Fsp3) is 0.533. The molecule has 1 aromatic rings. The predicted molar refractivity (Wildman–Crippen MR) is 88.7 cm³/mol. The molecule has 0 aromatic heterocycles. The summed E-state index contributed by atoms with van der Waals surface area (Å²) in [7, 11) is -2.87. The summed E-state index contributed by atoms with van der Waals surface area (Å²) in [4.78, 5) is 12.0. The molecule has 1 aliphatic heterocycles. The highest BCUT2D eigenvalue weighted by atomic mass is 32.2. The van der Waals surface area contributed by atoms with Crippen LogP contribution in [0.4, 0.5) is 5.69 Å². The van der Waals surface area contributed by atoms with E-state index in [1.54, 1.807) is 0 Å². The lowest BCUT2D eigenvalue weighted by Crippen LogP contribution is -2.18. The summed E-state index contributed by atoms with van der Waals surface area (Å²) in [6.07, 6.45) is 0.656. The summed E-state index contributed by atoms with van der Waals surface area (Å²) >= 11 is 1.44. The van der Waals surface area contributed by atoms with Gasteiger partial charge in [-0.05, 0) is 24.0 Å². The van der Waals surface area contributed by atoms with E-state index in [0.29, 0.717) is 18.1 Å². The van der Waals surface area contributed by atoms with Gasteiger partial charge in [0.25, 0.3) is 0 Å². The van der Waals surface area contributed by atoms with Gasteiger partial charge in [-0.15, -0.1) is 11.8 Å². The highest BCUT2D eigenvalue weighted by Gasteiger charge is 2.28. The molecule has 0 aliphatic carbocycles. The molecule has 116 valence electrons. The van der Waals surface area contributed by atoms with Crippen molar-refractivity contribution in [2.24, 2.45) is 0 Å². The zero-order valence-corrected chi connectivity index (χ0v) is 14.0. The van der Waals surface area contributed by atoms with E-state index in [4.69, 9.17) is 0 Å². The number of hydrogen-bond donors (Lipinski definition) is 1. The monoisotopic (exact) mass is 327 g/mol. The molecule has 1 aliphatic rings. The van der Waals surface area contributed by atoms with Crippen LogP contribution in [0.3, 0.4) is 0 Å². The number of hydrogen-bond acceptors (Lipinski definition) is 4. The highest BCUT2D eigenvalue weighted by molar-refractivity contribution is 8.02. The molecule has 0 saturated carbocycles. The summed E-state index contributed by atoms with van der Waals surface area (Å²) in [5.41, 5.74) is 1.96. The molecule has 1 heterocycles. The molecule has 1 atom stereocenters. The molecule has 0 bridgehead atoms. The zero-order chi connectivity index (χ0) is 15.5. The van der Waals surface area contributed by atoms with Crippen LogP contribution in [0.5, 0.6) is 0 Å². The van der Waals surface area contributed by atoms with Gasteiger partial charge in [0.2, 0.25) is 5.91 Å². The number of thioether (sulfide) groups is 1. The Balaban J connectivity index is 1.88. The number of amides is 1. The molecular weight excluding hydrogens is 306 g/mol. The van der Waals surface area contributed by atoms with Crippen molar-refractivity contribution in [1.29, 1.82) is 0 Å². The first-order valence-electron chi connectivity index (χ1n) is 7.08. The molecule has 4 nitrogen and oxygen atoms in total. The Morgan fingerprint density at radius 3 is 2.71 bits per heavy atom. The Hall–Kier alpha value is -1.01. The number of carbonyl (C=O) groups excluding carboxylic acids is 1. The molecule has 21 heavy (non-hydrogen) atoms. The second kappa shape index (κ2) is 6.83. The van der Waals surface area contributed by atoms with Crippen LogP contribution in [-0.2, 0) is 14.6 Å². The molecule has 1 fully saturated rings. The van der Waals surface area contributed by atoms with Crippen molar-refractivity contribution in [2.45, 2.75) is 31.4 Å². The minimum absolute atomic E-state index is 0.0566. The van der Waals surface area contributed by atoms with Crippen LogP contribution in [-0.4, -0.2) is 36.8 Å². The zero-order valence-electron chi connectivity index (χ0n) is 12.3. The third kappa shape index (κ3) is 4.74. The van der Waals surface area contributed by atoms with Crippen LogP contribution < -0.4 is 5.32 Å². The van der Waals surface area contributed by atoms with Gasteiger partial charge in [-0.1, -0.05) is 32.0 Å². The van der Waals surface area contributed by atoms with E-state index in [2.05, 4.69) is 19.2 Å². The molecule has 2 rings (SSSR count). The smallest absolute Gasteiger partial charge is 0.234 e.